The van der Waals surface area contributed by atoms with Crippen LogP contribution in [-0.4, -0.2) is 9.97 Å². The molecular weight excluding hydrogens is 230 g/mol. The van der Waals surface area contributed by atoms with Gasteiger partial charge in [-0.2, -0.15) is 0 Å². The monoisotopic (exact) mass is 239 g/mol. The van der Waals surface area contributed by atoms with Crippen molar-refractivity contribution >= 4 is 28.8 Å². The van der Waals surface area contributed by atoms with Crippen molar-refractivity contribution in [3.05, 3.63) is 39.9 Å². The molecule has 2 aromatic heterocycles. The second kappa shape index (κ2) is 4.59. The number of hydrogen-bond donors (Lipinski definition) is 1. The van der Waals surface area contributed by atoms with Crippen LogP contribution in [-0.2, 0) is 0 Å². The maximum absolute atomic E-state index is 5.90. The molecule has 0 spiro atoms. The number of thiophene rings is 1. The summed E-state index contributed by atoms with van der Waals surface area (Å²) < 4.78 is 0. The van der Waals surface area contributed by atoms with Crippen LogP contribution in [0.1, 0.15) is 17.8 Å². The van der Waals surface area contributed by atoms with Gasteiger partial charge in [-0.3, -0.25) is 0 Å². The average Bonchev–Trinajstić information content (AvgIpc) is 2.74. The summed E-state index contributed by atoms with van der Waals surface area (Å²) in [5, 5.41) is 5.67. The number of hydrogen-bond acceptors (Lipinski definition) is 4. The van der Waals surface area contributed by atoms with E-state index in [1.54, 1.807) is 23.7 Å². The van der Waals surface area contributed by atoms with Crippen LogP contribution in [0.4, 0.5) is 5.82 Å². The number of rotatable bonds is 3. The molecule has 0 aromatic carbocycles. The second-order valence-corrected chi connectivity index (χ2v) is 4.41. The summed E-state index contributed by atoms with van der Waals surface area (Å²) >= 11 is 7.60. The van der Waals surface area contributed by atoms with Gasteiger partial charge < -0.3 is 5.32 Å². The van der Waals surface area contributed by atoms with E-state index in [1.807, 2.05) is 11.4 Å². The lowest BCUT2D eigenvalue weighted by Gasteiger charge is -2.12. The summed E-state index contributed by atoms with van der Waals surface area (Å²) in [5.41, 5.74) is 0. The molecule has 0 aliphatic carbocycles. The summed E-state index contributed by atoms with van der Waals surface area (Å²) in [6.45, 7) is 2.07. The van der Waals surface area contributed by atoms with E-state index in [0.717, 1.165) is 0 Å². The predicted octanol–water partition coefficient (Wildman–Crippen LogP) is 3.36. The normalized spacial score (nSPS) is 12.4. The average molecular weight is 240 g/mol. The van der Waals surface area contributed by atoms with Gasteiger partial charge in [0.25, 0.3) is 0 Å². The highest BCUT2D eigenvalue weighted by molar-refractivity contribution is 7.10. The van der Waals surface area contributed by atoms with E-state index in [-0.39, 0.29) is 6.04 Å². The van der Waals surface area contributed by atoms with Crippen LogP contribution in [0.5, 0.6) is 0 Å². The van der Waals surface area contributed by atoms with Crippen LogP contribution in [0, 0.1) is 0 Å². The van der Waals surface area contributed by atoms with Crippen molar-refractivity contribution < 1.29 is 0 Å². The minimum atomic E-state index is 0.194. The van der Waals surface area contributed by atoms with Gasteiger partial charge in [0.1, 0.15) is 0 Å². The molecule has 0 radical (unpaired) electrons. The smallest absolute Gasteiger partial charge is 0.171 e. The Kier molecular flexibility index (Phi) is 3.18. The molecule has 0 fully saturated rings. The van der Waals surface area contributed by atoms with Crippen molar-refractivity contribution in [2.24, 2.45) is 0 Å². The Labute approximate surface area is 97.2 Å². The number of anilines is 1. The van der Waals surface area contributed by atoms with E-state index in [0.29, 0.717) is 11.0 Å². The summed E-state index contributed by atoms with van der Waals surface area (Å²) in [7, 11) is 0. The Bertz CT molecular complexity index is 430. The highest BCUT2D eigenvalue weighted by Gasteiger charge is 2.09. The predicted molar refractivity (Wildman–Crippen MR) is 63.4 cm³/mol. The van der Waals surface area contributed by atoms with Crippen LogP contribution in [0.15, 0.2) is 29.9 Å². The molecule has 1 N–H and O–H groups in total. The molecule has 15 heavy (non-hydrogen) atoms. The standard InChI is InChI=1S/C10H10ClN3S/c1-7(8-3-2-6-15-8)14-10-9(11)12-4-5-13-10/h2-7H,1H3,(H,13,14). The van der Waals surface area contributed by atoms with Gasteiger partial charge in [-0.25, -0.2) is 9.97 Å². The number of aromatic nitrogens is 2. The topological polar surface area (TPSA) is 37.8 Å². The quantitative estimate of drug-likeness (QED) is 0.893. The molecule has 2 aromatic rings. The molecule has 1 atom stereocenters. The van der Waals surface area contributed by atoms with E-state index in [1.165, 1.54) is 4.88 Å². The van der Waals surface area contributed by atoms with Crippen molar-refractivity contribution in [3.63, 3.8) is 0 Å². The highest BCUT2D eigenvalue weighted by Crippen LogP contribution is 2.24. The molecule has 5 heteroatoms. The van der Waals surface area contributed by atoms with Gasteiger partial charge in [0.05, 0.1) is 6.04 Å². The third kappa shape index (κ3) is 2.46. The zero-order valence-electron chi connectivity index (χ0n) is 8.14. The van der Waals surface area contributed by atoms with Crippen molar-refractivity contribution in [3.8, 4) is 0 Å². The van der Waals surface area contributed by atoms with Gasteiger partial charge in [-0.05, 0) is 18.4 Å². The first-order valence-corrected chi connectivity index (χ1v) is 5.79. The van der Waals surface area contributed by atoms with E-state index < -0.39 is 0 Å². The largest absolute Gasteiger partial charge is 0.360 e. The fraction of sp³-hybridized carbons (Fsp3) is 0.200. The first-order chi connectivity index (χ1) is 7.27. The SMILES string of the molecule is CC(Nc1nccnc1Cl)c1cccs1. The summed E-state index contributed by atoms with van der Waals surface area (Å²) in [4.78, 5) is 9.33. The summed E-state index contributed by atoms with van der Waals surface area (Å²) in [6.07, 6.45) is 3.19. The maximum Gasteiger partial charge on any atom is 0.171 e. The van der Waals surface area contributed by atoms with Crippen LogP contribution in [0.25, 0.3) is 0 Å². The van der Waals surface area contributed by atoms with Gasteiger partial charge in [0.15, 0.2) is 11.0 Å². The Morgan fingerprint density at radius 2 is 2.20 bits per heavy atom. The minimum Gasteiger partial charge on any atom is -0.360 e. The first kappa shape index (κ1) is 10.4. The third-order valence-electron chi connectivity index (χ3n) is 1.98. The summed E-state index contributed by atoms with van der Waals surface area (Å²) in [6, 6.07) is 4.29. The van der Waals surface area contributed by atoms with E-state index in [9.17, 15) is 0 Å². The molecular formula is C10H10ClN3S. The van der Waals surface area contributed by atoms with Gasteiger partial charge in [0, 0.05) is 17.3 Å². The van der Waals surface area contributed by atoms with Crippen LogP contribution >= 0.6 is 22.9 Å². The Morgan fingerprint density at radius 1 is 1.40 bits per heavy atom. The fourth-order valence-corrected chi connectivity index (χ4v) is 2.13. The van der Waals surface area contributed by atoms with Crippen molar-refractivity contribution in [1.82, 2.24) is 9.97 Å². The molecule has 1 unspecified atom stereocenters. The Morgan fingerprint density at radius 3 is 2.87 bits per heavy atom. The molecule has 0 amide bonds. The molecule has 3 nitrogen and oxygen atoms in total. The molecule has 0 saturated heterocycles. The third-order valence-corrected chi connectivity index (χ3v) is 3.31. The lowest BCUT2D eigenvalue weighted by Crippen LogP contribution is -2.07. The fourth-order valence-electron chi connectivity index (χ4n) is 1.23. The van der Waals surface area contributed by atoms with E-state index in [2.05, 4.69) is 28.3 Å². The lowest BCUT2D eigenvalue weighted by molar-refractivity contribution is 0.892. The number of nitrogens with one attached hydrogen (secondary N) is 1. The van der Waals surface area contributed by atoms with Gasteiger partial charge in [-0.15, -0.1) is 11.3 Å². The van der Waals surface area contributed by atoms with E-state index >= 15 is 0 Å². The first-order valence-electron chi connectivity index (χ1n) is 4.54. The van der Waals surface area contributed by atoms with Gasteiger partial charge in [-0.1, -0.05) is 17.7 Å². The number of halogens is 1. The Hall–Kier alpha value is -1.13. The van der Waals surface area contributed by atoms with Crippen LogP contribution < -0.4 is 5.32 Å². The van der Waals surface area contributed by atoms with Crippen LogP contribution in [0.3, 0.4) is 0 Å². The zero-order valence-corrected chi connectivity index (χ0v) is 9.72. The maximum atomic E-state index is 5.90. The molecule has 0 aliphatic rings. The molecule has 0 bridgehead atoms. The molecule has 0 saturated carbocycles. The molecule has 0 aliphatic heterocycles. The van der Waals surface area contributed by atoms with Crippen molar-refractivity contribution in [2.75, 3.05) is 5.32 Å². The van der Waals surface area contributed by atoms with Crippen LogP contribution in [0.2, 0.25) is 5.15 Å². The highest BCUT2D eigenvalue weighted by atomic mass is 35.5. The van der Waals surface area contributed by atoms with Crippen molar-refractivity contribution in [1.29, 1.82) is 0 Å². The zero-order chi connectivity index (χ0) is 10.7. The van der Waals surface area contributed by atoms with Gasteiger partial charge >= 0.3 is 0 Å². The lowest BCUT2D eigenvalue weighted by atomic mass is 10.3. The number of nitrogens with zero attached hydrogens (tertiary/aromatic N) is 2. The molecule has 2 heterocycles. The molecule has 2 rings (SSSR count). The molecule has 78 valence electrons. The van der Waals surface area contributed by atoms with Gasteiger partial charge in [0.2, 0.25) is 0 Å². The second-order valence-electron chi connectivity index (χ2n) is 3.08. The summed E-state index contributed by atoms with van der Waals surface area (Å²) in [5.74, 6) is 0.625. The van der Waals surface area contributed by atoms with Crippen molar-refractivity contribution in [2.45, 2.75) is 13.0 Å². The Balaban J connectivity index is 2.13. The minimum absolute atomic E-state index is 0.194. The van der Waals surface area contributed by atoms with E-state index in [4.69, 9.17) is 11.6 Å².